The topological polar surface area (TPSA) is 83.5 Å². The van der Waals surface area contributed by atoms with Crippen LogP contribution in [-0.2, 0) is 14.4 Å². The summed E-state index contributed by atoms with van der Waals surface area (Å²) in [6.07, 6.45) is 13.9. The third-order valence-electron chi connectivity index (χ3n) is 3.91. The van der Waals surface area contributed by atoms with Gasteiger partial charge in [-0.15, -0.1) is 0 Å². The van der Waals surface area contributed by atoms with Gasteiger partial charge >= 0.3 is 5.97 Å². The van der Waals surface area contributed by atoms with Crippen LogP contribution in [0.15, 0.2) is 0 Å². The predicted octanol–water partition coefficient (Wildman–Crippen LogP) is 3.85. The number of aldehydes is 1. The standard InChI is InChI=1S/C18H33NO4/c1-2-3-4-5-6-7-8-9-10-11-12-13-17(21)19-16(15-20)14-18(22)23/h15-16H,2-14H2,1H3,(H,19,21)(H,22,23)/t16-/m1/s1. The third kappa shape index (κ3) is 15.3. The SMILES string of the molecule is CCCCCCCCCCCCCC(=O)N[C@@H](C=O)CC(=O)O. The maximum Gasteiger partial charge on any atom is 0.305 e. The molecule has 5 nitrogen and oxygen atoms in total. The molecule has 23 heavy (non-hydrogen) atoms. The Balaban J connectivity index is 3.41. The lowest BCUT2D eigenvalue weighted by Crippen LogP contribution is -2.37. The molecule has 0 saturated heterocycles. The Kier molecular flexibility index (Phi) is 14.6. The van der Waals surface area contributed by atoms with Crippen molar-refractivity contribution in [1.82, 2.24) is 5.32 Å². The zero-order valence-electron chi connectivity index (χ0n) is 14.5. The molecule has 0 aromatic carbocycles. The minimum Gasteiger partial charge on any atom is -0.481 e. The molecular formula is C18H33NO4. The van der Waals surface area contributed by atoms with Gasteiger partial charge < -0.3 is 15.2 Å². The first-order chi connectivity index (χ1) is 11.1. The van der Waals surface area contributed by atoms with Gasteiger partial charge in [0.1, 0.15) is 6.29 Å². The van der Waals surface area contributed by atoms with E-state index in [1.54, 1.807) is 0 Å². The van der Waals surface area contributed by atoms with Gasteiger partial charge in [0.25, 0.3) is 0 Å². The number of carboxylic acids is 1. The molecule has 0 aliphatic carbocycles. The monoisotopic (exact) mass is 327 g/mol. The summed E-state index contributed by atoms with van der Waals surface area (Å²) in [5, 5.41) is 11.0. The molecule has 134 valence electrons. The van der Waals surface area contributed by atoms with E-state index in [9.17, 15) is 14.4 Å². The molecule has 0 aliphatic heterocycles. The number of carbonyl (C=O) groups is 3. The highest BCUT2D eigenvalue weighted by atomic mass is 16.4. The summed E-state index contributed by atoms with van der Waals surface area (Å²) in [6, 6.07) is -0.910. The summed E-state index contributed by atoms with van der Waals surface area (Å²) < 4.78 is 0. The molecule has 0 saturated carbocycles. The molecule has 1 amide bonds. The molecule has 0 spiro atoms. The second-order valence-electron chi connectivity index (χ2n) is 6.19. The Morgan fingerprint density at radius 2 is 1.39 bits per heavy atom. The highest BCUT2D eigenvalue weighted by Gasteiger charge is 2.14. The summed E-state index contributed by atoms with van der Waals surface area (Å²) in [6.45, 7) is 2.23. The van der Waals surface area contributed by atoms with E-state index in [0.29, 0.717) is 12.7 Å². The number of rotatable bonds is 16. The average Bonchev–Trinajstić information content (AvgIpc) is 2.51. The Morgan fingerprint density at radius 3 is 1.83 bits per heavy atom. The Bertz CT molecular complexity index is 331. The predicted molar refractivity (Wildman–Crippen MR) is 91.3 cm³/mol. The van der Waals surface area contributed by atoms with Crippen molar-refractivity contribution in [1.29, 1.82) is 0 Å². The summed E-state index contributed by atoms with van der Waals surface area (Å²) in [4.78, 5) is 32.7. The van der Waals surface area contributed by atoms with Crippen molar-refractivity contribution in [3.05, 3.63) is 0 Å². The minimum atomic E-state index is -1.09. The van der Waals surface area contributed by atoms with Gasteiger partial charge in [0.15, 0.2) is 0 Å². The van der Waals surface area contributed by atoms with E-state index in [-0.39, 0.29) is 12.3 Å². The summed E-state index contributed by atoms with van der Waals surface area (Å²) in [5.74, 6) is -1.32. The van der Waals surface area contributed by atoms with Gasteiger partial charge in [-0.2, -0.15) is 0 Å². The zero-order chi connectivity index (χ0) is 17.3. The molecule has 5 heteroatoms. The molecule has 0 rings (SSSR count). The van der Waals surface area contributed by atoms with Crippen LogP contribution in [0.4, 0.5) is 0 Å². The second-order valence-corrected chi connectivity index (χ2v) is 6.19. The minimum absolute atomic E-state index is 0.237. The molecule has 0 heterocycles. The molecule has 2 N–H and O–H groups in total. The van der Waals surface area contributed by atoms with Crippen LogP contribution in [0.25, 0.3) is 0 Å². The van der Waals surface area contributed by atoms with E-state index in [2.05, 4.69) is 12.2 Å². The summed E-state index contributed by atoms with van der Waals surface area (Å²) in [7, 11) is 0. The summed E-state index contributed by atoms with van der Waals surface area (Å²) >= 11 is 0. The fourth-order valence-electron chi connectivity index (χ4n) is 2.55. The van der Waals surface area contributed by atoms with E-state index < -0.39 is 12.0 Å². The van der Waals surface area contributed by atoms with Crippen molar-refractivity contribution in [3.63, 3.8) is 0 Å². The first-order valence-electron chi connectivity index (χ1n) is 9.06. The van der Waals surface area contributed by atoms with Gasteiger partial charge in [-0.25, -0.2) is 0 Å². The third-order valence-corrected chi connectivity index (χ3v) is 3.91. The van der Waals surface area contributed by atoms with E-state index in [1.165, 1.54) is 51.4 Å². The second kappa shape index (κ2) is 15.5. The smallest absolute Gasteiger partial charge is 0.305 e. The van der Waals surface area contributed by atoms with E-state index in [0.717, 1.165) is 19.3 Å². The van der Waals surface area contributed by atoms with Crippen LogP contribution in [0.5, 0.6) is 0 Å². The van der Waals surface area contributed by atoms with Gasteiger partial charge in [-0.05, 0) is 6.42 Å². The summed E-state index contributed by atoms with van der Waals surface area (Å²) in [5.41, 5.74) is 0. The lowest BCUT2D eigenvalue weighted by atomic mass is 10.1. The van der Waals surface area contributed by atoms with Crippen LogP contribution < -0.4 is 5.32 Å². The van der Waals surface area contributed by atoms with Crippen LogP contribution in [-0.4, -0.2) is 29.3 Å². The van der Waals surface area contributed by atoms with Crippen molar-refractivity contribution >= 4 is 18.2 Å². The molecule has 0 fully saturated rings. The van der Waals surface area contributed by atoms with E-state index in [1.807, 2.05) is 0 Å². The van der Waals surface area contributed by atoms with Gasteiger partial charge in [-0.3, -0.25) is 9.59 Å². The molecule has 0 bridgehead atoms. The molecule has 0 aromatic rings. The number of amides is 1. The molecular weight excluding hydrogens is 294 g/mol. The lowest BCUT2D eigenvalue weighted by Gasteiger charge is -2.10. The largest absolute Gasteiger partial charge is 0.481 e. The number of unbranched alkanes of at least 4 members (excludes halogenated alkanes) is 10. The molecule has 0 radical (unpaired) electrons. The van der Waals surface area contributed by atoms with Gasteiger partial charge in [0, 0.05) is 6.42 Å². The quantitative estimate of drug-likeness (QED) is 0.333. The first kappa shape index (κ1) is 21.6. The van der Waals surface area contributed by atoms with E-state index >= 15 is 0 Å². The highest BCUT2D eigenvalue weighted by Crippen LogP contribution is 2.11. The molecule has 1 atom stereocenters. The molecule has 0 aromatic heterocycles. The van der Waals surface area contributed by atoms with Crippen molar-refractivity contribution in [2.45, 2.75) is 96.4 Å². The van der Waals surface area contributed by atoms with Crippen molar-refractivity contribution in [2.24, 2.45) is 0 Å². The van der Waals surface area contributed by atoms with Crippen LogP contribution in [0.2, 0.25) is 0 Å². The van der Waals surface area contributed by atoms with Gasteiger partial charge in [0.05, 0.1) is 12.5 Å². The lowest BCUT2D eigenvalue weighted by molar-refractivity contribution is -0.138. The maximum atomic E-state index is 11.6. The zero-order valence-corrected chi connectivity index (χ0v) is 14.5. The van der Waals surface area contributed by atoms with Gasteiger partial charge in [-0.1, -0.05) is 71.1 Å². The number of carbonyl (C=O) groups excluding carboxylic acids is 2. The maximum absolute atomic E-state index is 11.6. The van der Waals surface area contributed by atoms with Gasteiger partial charge in [0.2, 0.25) is 5.91 Å². The Labute approximate surface area is 140 Å². The number of hydrogen-bond donors (Lipinski definition) is 2. The van der Waals surface area contributed by atoms with Crippen LogP contribution in [0.1, 0.15) is 90.4 Å². The van der Waals surface area contributed by atoms with Crippen molar-refractivity contribution < 1.29 is 19.5 Å². The number of hydrogen-bond acceptors (Lipinski definition) is 3. The average molecular weight is 327 g/mol. The highest BCUT2D eigenvalue weighted by molar-refractivity contribution is 5.82. The number of aliphatic carboxylic acids is 1. The molecule has 0 aliphatic rings. The van der Waals surface area contributed by atoms with Crippen LogP contribution in [0.3, 0.4) is 0 Å². The Morgan fingerprint density at radius 1 is 0.913 bits per heavy atom. The molecule has 0 unspecified atom stereocenters. The fraction of sp³-hybridized carbons (Fsp3) is 0.833. The normalized spacial score (nSPS) is 11.9. The first-order valence-corrected chi connectivity index (χ1v) is 9.06. The fourth-order valence-corrected chi connectivity index (χ4v) is 2.55. The number of carboxylic acid groups (broad SMARTS) is 1. The van der Waals surface area contributed by atoms with Crippen LogP contribution >= 0.6 is 0 Å². The van der Waals surface area contributed by atoms with E-state index in [4.69, 9.17) is 5.11 Å². The van der Waals surface area contributed by atoms with Crippen LogP contribution in [0, 0.1) is 0 Å². The Hall–Kier alpha value is -1.39. The number of nitrogens with one attached hydrogen (secondary N) is 1. The van der Waals surface area contributed by atoms with Crippen molar-refractivity contribution in [3.8, 4) is 0 Å². The van der Waals surface area contributed by atoms with Crippen molar-refractivity contribution in [2.75, 3.05) is 0 Å².